The highest BCUT2D eigenvalue weighted by atomic mass is 16.5. The Morgan fingerprint density at radius 2 is 2.00 bits per heavy atom. The van der Waals surface area contributed by atoms with Gasteiger partial charge in [-0.3, -0.25) is 0 Å². The maximum absolute atomic E-state index is 10.6. The van der Waals surface area contributed by atoms with Crippen LogP contribution in [-0.4, -0.2) is 20.5 Å². The van der Waals surface area contributed by atoms with Crippen LogP contribution in [0.3, 0.4) is 0 Å². The third kappa shape index (κ3) is 2.06. The Labute approximate surface area is 77.3 Å². The first-order valence-corrected chi connectivity index (χ1v) is 3.94. The lowest BCUT2D eigenvalue weighted by molar-refractivity contribution is -0.116. The number of para-hydroxylation sites is 1. The van der Waals surface area contributed by atoms with Crippen LogP contribution in [0.5, 0.6) is 5.75 Å². The van der Waals surface area contributed by atoms with Gasteiger partial charge in [-0.05, 0) is 6.07 Å². The smallest absolute Gasteiger partial charge is 0.153 e. The molecule has 0 N–H and O–H groups in total. The van der Waals surface area contributed by atoms with E-state index in [9.17, 15) is 4.79 Å². The van der Waals surface area contributed by atoms with E-state index in [1.165, 1.54) is 7.11 Å². The van der Waals surface area contributed by atoms with Crippen molar-refractivity contribution < 1.29 is 14.3 Å². The number of rotatable bonds is 4. The minimum Gasteiger partial charge on any atom is -0.496 e. The predicted molar refractivity (Wildman–Crippen MR) is 48.8 cm³/mol. The lowest BCUT2D eigenvalue weighted by Crippen LogP contribution is -2.04. The summed E-state index contributed by atoms with van der Waals surface area (Å²) in [6, 6.07) is 7.29. The number of aldehydes is 1. The number of carbonyl (C=O) groups is 1. The summed E-state index contributed by atoms with van der Waals surface area (Å²) in [5.74, 6) is 0.668. The molecule has 0 saturated heterocycles. The number of methoxy groups -OCH3 is 2. The van der Waals surface area contributed by atoms with Crippen LogP contribution in [0, 0.1) is 0 Å². The fraction of sp³-hybridized carbons (Fsp3) is 0.300. The summed E-state index contributed by atoms with van der Waals surface area (Å²) in [7, 11) is 3.06. The molecule has 13 heavy (non-hydrogen) atoms. The zero-order valence-electron chi connectivity index (χ0n) is 7.69. The molecule has 0 aliphatic rings. The van der Waals surface area contributed by atoms with Gasteiger partial charge in [0.25, 0.3) is 0 Å². The van der Waals surface area contributed by atoms with E-state index in [-0.39, 0.29) is 0 Å². The second kappa shape index (κ2) is 4.62. The Bertz CT molecular complexity index is 283. The Hall–Kier alpha value is -1.35. The molecule has 0 radical (unpaired) electrons. The van der Waals surface area contributed by atoms with Crippen LogP contribution in [0.2, 0.25) is 0 Å². The zero-order chi connectivity index (χ0) is 9.68. The van der Waals surface area contributed by atoms with E-state index in [1.54, 1.807) is 19.2 Å². The maximum Gasteiger partial charge on any atom is 0.153 e. The molecule has 0 spiro atoms. The number of hydrogen-bond donors (Lipinski definition) is 0. The van der Waals surface area contributed by atoms with Crippen molar-refractivity contribution in [3.05, 3.63) is 29.8 Å². The fourth-order valence-electron chi connectivity index (χ4n) is 1.16. The number of hydrogen-bond acceptors (Lipinski definition) is 3. The van der Waals surface area contributed by atoms with Gasteiger partial charge in [-0.15, -0.1) is 0 Å². The summed E-state index contributed by atoms with van der Waals surface area (Å²) in [4.78, 5) is 10.6. The van der Waals surface area contributed by atoms with Crippen molar-refractivity contribution in [3.63, 3.8) is 0 Å². The minimum absolute atomic E-state index is 0.545. The second-order valence-electron chi connectivity index (χ2n) is 2.53. The molecule has 0 aliphatic heterocycles. The van der Waals surface area contributed by atoms with Crippen molar-refractivity contribution in [2.24, 2.45) is 0 Å². The first kappa shape index (κ1) is 9.74. The highest BCUT2D eigenvalue weighted by Crippen LogP contribution is 2.25. The quantitative estimate of drug-likeness (QED) is 0.660. The van der Waals surface area contributed by atoms with Gasteiger partial charge in [-0.1, -0.05) is 18.2 Å². The zero-order valence-corrected chi connectivity index (χ0v) is 7.69. The largest absolute Gasteiger partial charge is 0.496 e. The van der Waals surface area contributed by atoms with Crippen LogP contribution in [-0.2, 0) is 9.53 Å². The lowest BCUT2D eigenvalue weighted by atomic mass is 10.1. The molecule has 0 aliphatic carbocycles. The van der Waals surface area contributed by atoms with Crippen LogP contribution in [0.25, 0.3) is 0 Å². The van der Waals surface area contributed by atoms with Crippen molar-refractivity contribution in [2.45, 2.75) is 6.10 Å². The third-order valence-electron chi connectivity index (χ3n) is 1.82. The molecule has 0 bridgehead atoms. The maximum atomic E-state index is 10.6. The van der Waals surface area contributed by atoms with Crippen LogP contribution in [0.1, 0.15) is 11.7 Å². The van der Waals surface area contributed by atoms with Gasteiger partial charge in [0.05, 0.1) is 7.11 Å². The minimum atomic E-state index is -0.545. The molecule has 1 rings (SSSR count). The van der Waals surface area contributed by atoms with E-state index >= 15 is 0 Å². The number of ether oxygens (including phenoxy) is 2. The molecule has 0 aromatic heterocycles. The van der Waals surface area contributed by atoms with Crippen molar-refractivity contribution in [2.75, 3.05) is 14.2 Å². The average molecular weight is 180 g/mol. The van der Waals surface area contributed by atoms with E-state index in [0.29, 0.717) is 5.75 Å². The van der Waals surface area contributed by atoms with E-state index in [2.05, 4.69) is 0 Å². The Morgan fingerprint density at radius 1 is 1.31 bits per heavy atom. The van der Waals surface area contributed by atoms with Crippen molar-refractivity contribution >= 4 is 6.29 Å². The summed E-state index contributed by atoms with van der Waals surface area (Å²) in [5, 5.41) is 0. The number of benzene rings is 1. The molecule has 0 saturated carbocycles. The van der Waals surface area contributed by atoms with Gasteiger partial charge in [0.15, 0.2) is 6.29 Å². The first-order chi connectivity index (χ1) is 6.33. The van der Waals surface area contributed by atoms with E-state index < -0.39 is 6.10 Å². The second-order valence-corrected chi connectivity index (χ2v) is 2.53. The van der Waals surface area contributed by atoms with Gasteiger partial charge in [0.1, 0.15) is 11.9 Å². The fourth-order valence-corrected chi connectivity index (χ4v) is 1.16. The molecule has 3 nitrogen and oxygen atoms in total. The topological polar surface area (TPSA) is 35.5 Å². The average Bonchev–Trinajstić information content (AvgIpc) is 2.20. The Morgan fingerprint density at radius 3 is 2.54 bits per heavy atom. The first-order valence-electron chi connectivity index (χ1n) is 3.94. The molecule has 1 unspecified atom stereocenters. The molecule has 70 valence electrons. The van der Waals surface area contributed by atoms with Crippen LogP contribution in [0.4, 0.5) is 0 Å². The van der Waals surface area contributed by atoms with E-state index in [1.807, 2.05) is 12.1 Å². The van der Waals surface area contributed by atoms with Crippen LogP contribution < -0.4 is 4.74 Å². The molecule has 0 amide bonds. The molecule has 0 heterocycles. The predicted octanol–water partition coefficient (Wildman–Crippen LogP) is 1.58. The monoisotopic (exact) mass is 180 g/mol. The molecule has 1 aromatic rings. The summed E-state index contributed by atoms with van der Waals surface area (Å²) >= 11 is 0. The van der Waals surface area contributed by atoms with Gasteiger partial charge in [0.2, 0.25) is 0 Å². The van der Waals surface area contributed by atoms with Crippen molar-refractivity contribution in [1.82, 2.24) is 0 Å². The molecule has 1 aromatic carbocycles. The van der Waals surface area contributed by atoms with E-state index in [4.69, 9.17) is 9.47 Å². The highest BCUT2D eigenvalue weighted by molar-refractivity contribution is 5.62. The third-order valence-corrected chi connectivity index (χ3v) is 1.82. The lowest BCUT2D eigenvalue weighted by Gasteiger charge is -2.12. The summed E-state index contributed by atoms with van der Waals surface area (Å²) in [5.41, 5.74) is 0.752. The number of carbonyl (C=O) groups excluding carboxylic acids is 1. The molecule has 1 atom stereocenters. The summed E-state index contributed by atoms with van der Waals surface area (Å²) < 4.78 is 10.1. The SMILES string of the molecule is COc1ccccc1C(C=O)OC. The van der Waals surface area contributed by atoms with E-state index in [0.717, 1.165) is 11.8 Å². The molecular weight excluding hydrogens is 168 g/mol. The van der Waals surface area contributed by atoms with Gasteiger partial charge >= 0.3 is 0 Å². The summed E-state index contributed by atoms with van der Waals surface area (Å²) in [6.07, 6.45) is 0.203. The van der Waals surface area contributed by atoms with Crippen LogP contribution in [0.15, 0.2) is 24.3 Å². The van der Waals surface area contributed by atoms with Gasteiger partial charge in [-0.25, -0.2) is 0 Å². The molecular formula is C10H12O3. The summed E-state index contributed by atoms with van der Waals surface area (Å²) in [6.45, 7) is 0. The Kier molecular flexibility index (Phi) is 3.46. The highest BCUT2D eigenvalue weighted by Gasteiger charge is 2.12. The molecule has 0 fully saturated rings. The van der Waals surface area contributed by atoms with Gasteiger partial charge in [0, 0.05) is 12.7 Å². The normalized spacial score (nSPS) is 12.2. The Balaban J connectivity index is 3.03. The molecule has 3 heteroatoms. The van der Waals surface area contributed by atoms with Crippen molar-refractivity contribution in [1.29, 1.82) is 0 Å². The van der Waals surface area contributed by atoms with Crippen LogP contribution >= 0.6 is 0 Å². The van der Waals surface area contributed by atoms with Gasteiger partial charge in [-0.2, -0.15) is 0 Å². The van der Waals surface area contributed by atoms with Gasteiger partial charge < -0.3 is 14.3 Å². The standard InChI is InChI=1S/C10H12O3/c1-12-9-6-4-3-5-8(9)10(7-11)13-2/h3-7,10H,1-2H3. The van der Waals surface area contributed by atoms with Crippen molar-refractivity contribution in [3.8, 4) is 5.75 Å².